The Kier molecular flexibility index (Phi) is 4.72. The Morgan fingerprint density at radius 2 is 2.03 bits per heavy atom. The summed E-state index contributed by atoms with van der Waals surface area (Å²) in [6.45, 7) is 8.01. The van der Waals surface area contributed by atoms with Crippen molar-refractivity contribution in [3.8, 4) is 28.8 Å². The van der Waals surface area contributed by atoms with E-state index in [-0.39, 0.29) is 11.3 Å². The van der Waals surface area contributed by atoms with E-state index in [1.54, 1.807) is 13.4 Å². The highest BCUT2D eigenvalue weighted by Crippen LogP contribution is 2.42. The van der Waals surface area contributed by atoms with Crippen LogP contribution in [-0.2, 0) is 12.0 Å². The smallest absolute Gasteiger partial charge is 0.238 e. The predicted molar refractivity (Wildman–Crippen MR) is 128 cm³/mol. The highest BCUT2D eigenvalue weighted by atomic mass is 16.5. The summed E-state index contributed by atoms with van der Waals surface area (Å²) in [5, 5.41) is 4.82. The second-order valence-electron chi connectivity index (χ2n) is 9.79. The Hall–Kier alpha value is -3.68. The number of rotatable bonds is 4. The van der Waals surface area contributed by atoms with Crippen LogP contribution in [0.2, 0.25) is 0 Å². The molecule has 1 unspecified atom stereocenters. The van der Waals surface area contributed by atoms with E-state index in [0.29, 0.717) is 17.4 Å². The van der Waals surface area contributed by atoms with Crippen molar-refractivity contribution < 1.29 is 9.47 Å². The lowest BCUT2D eigenvalue weighted by atomic mass is 9.83. The molecule has 2 aliphatic rings. The van der Waals surface area contributed by atoms with Gasteiger partial charge in [0.15, 0.2) is 5.82 Å². The first kappa shape index (κ1) is 20.9. The Bertz CT molecular complexity index is 1390. The minimum atomic E-state index is 0.0227. The summed E-state index contributed by atoms with van der Waals surface area (Å²) in [6.07, 6.45) is 5.82. The molecule has 6 rings (SSSR count). The molecular weight excluding hydrogens is 428 g/mol. The molecule has 0 amide bonds. The first-order valence-corrected chi connectivity index (χ1v) is 11.7. The monoisotopic (exact) mass is 456 g/mol. The predicted octanol–water partition coefficient (Wildman–Crippen LogP) is 4.44. The molecule has 34 heavy (non-hydrogen) atoms. The fourth-order valence-corrected chi connectivity index (χ4v) is 4.99. The molecule has 0 bridgehead atoms. The molecule has 1 atom stereocenters. The van der Waals surface area contributed by atoms with Crippen LogP contribution in [0.1, 0.15) is 55.3 Å². The van der Waals surface area contributed by atoms with Gasteiger partial charge in [-0.2, -0.15) is 0 Å². The van der Waals surface area contributed by atoms with Crippen LogP contribution in [0.4, 0.5) is 0 Å². The number of hydrogen-bond donors (Lipinski definition) is 0. The van der Waals surface area contributed by atoms with Crippen molar-refractivity contribution >= 4 is 0 Å². The summed E-state index contributed by atoms with van der Waals surface area (Å²) in [4.78, 5) is 14.0. The Morgan fingerprint density at radius 3 is 2.82 bits per heavy atom. The van der Waals surface area contributed by atoms with E-state index in [0.717, 1.165) is 48.9 Å². The molecular formula is C26H28N6O2. The van der Waals surface area contributed by atoms with Gasteiger partial charge in [-0.1, -0.05) is 26.0 Å². The average molecular weight is 457 g/mol. The van der Waals surface area contributed by atoms with E-state index in [9.17, 15) is 0 Å². The molecule has 0 radical (unpaired) electrons. The van der Waals surface area contributed by atoms with Crippen molar-refractivity contribution in [3.63, 3.8) is 0 Å². The molecule has 4 aromatic rings. The summed E-state index contributed by atoms with van der Waals surface area (Å²) < 4.78 is 15.4. The molecule has 0 aliphatic carbocycles. The quantitative estimate of drug-likeness (QED) is 0.452. The number of ether oxygens (including phenoxy) is 2. The zero-order valence-corrected chi connectivity index (χ0v) is 19.9. The lowest BCUT2D eigenvalue weighted by Gasteiger charge is -2.24. The molecule has 5 heterocycles. The van der Waals surface area contributed by atoms with Crippen molar-refractivity contribution in [1.29, 1.82) is 0 Å². The van der Waals surface area contributed by atoms with Crippen LogP contribution in [0.5, 0.6) is 11.6 Å². The van der Waals surface area contributed by atoms with Gasteiger partial charge in [0.2, 0.25) is 5.88 Å². The fraction of sp³-hybridized carbons (Fsp3) is 0.385. The Morgan fingerprint density at radius 1 is 1.15 bits per heavy atom. The molecule has 2 aliphatic heterocycles. The van der Waals surface area contributed by atoms with Crippen molar-refractivity contribution in [2.24, 2.45) is 0 Å². The van der Waals surface area contributed by atoms with Crippen LogP contribution >= 0.6 is 0 Å². The SMILES string of the molecule is COc1nc(-c2nc3n(n2)CCCC3c2ccc3c(c2)C(C)(C)CO3)ccc1-n1cnc(C)c1. The summed E-state index contributed by atoms with van der Waals surface area (Å²) in [5.41, 5.74) is 5.03. The summed E-state index contributed by atoms with van der Waals surface area (Å²) >= 11 is 0. The number of aryl methyl sites for hydroxylation is 2. The van der Waals surface area contributed by atoms with Crippen LogP contribution < -0.4 is 9.47 Å². The van der Waals surface area contributed by atoms with E-state index < -0.39 is 0 Å². The minimum absolute atomic E-state index is 0.0227. The number of methoxy groups -OCH3 is 1. The number of nitrogens with zero attached hydrogens (tertiary/aromatic N) is 6. The molecule has 3 aromatic heterocycles. The van der Waals surface area contributed by atoms with Crippen molar-refractivity contribution in [1.82, 2.24) is 29.3 Å². The lowest BCUT2D eigenvalue weighted by Crippen LogP contribution is -2.20. The number of imidazole rings is 1. The fourth-order valence-electron chi connectivity index (χ4n) is 4.99. The second-order valence-corrected chi connectivity index (χ2v) is 9.79. The van der Waals surface area contributed by atoms with E-state index in [1.807, 2.05) is 34.5 Å². The van der Waals surface area contributed by atoms with Gasteiger partial charge in [0.25, 0.3) is 0 Å². The van der Waals surface area contributed by atoms with Crippen LogP contribution in [0.15, 0.2) is 42.9 Å². The molecule has 0 N–H and O–H groups in total. The first-order chi connectivity index (χ1) is 16.4. The maximum atomic E-state index is 5.89. The van der Waals surface area contributed by atoms with Gasteiger partial charge in [0.1, 0.15) is 23.0 Å². The van der Waals surface area contributed by atoms with Crippen molar-refractivity contribution in [3.05, 3.63) is 65.5 Å². The Balaban J connectivity index is 1.37. The zero-order valence-electron chi connectivity index (χ0n) is 19.9. The van der Waals surface area contributed by atoms with E-state index in [2.05, 4.69) is 37.0 Å². The number of hydrogen-bond acceptors (Lipinski definition) is 6. The van der Waals surface area contributed by atoms with Crippen molar-refractivity contribution in [2.75, 3.05) is 13.7 Å². The summed E-state index contributed by atoms with van der Waals surface area (Å²) in [5.74, 6) is 3.33. The molecule has 0 saturated carbocycles. The normalized spacial score (nSPS) is 18.3. The molecule has 174 valence electrons. The molecule has 8 heteroatoms. The largest absolute Gasteiger partial charge is 0.492 e. The van der Waals surface area contributed by atoms with Crippen LogP contribution in [-0.4, -0.2) is 43.0 Å². The van der Waals surface area contributed by atoms with Crippen LogP contribution in [0, 0.1) is 6.92 Å². The third kappa shape index (κ3) is 3.36. The molecule has 1 aromatic carbocycles. The molecule has 0 saturated heterocycles. The first-order valence-electron chi connectivity index (χ1n) is 11.7. The minimum Gasteiger partial charge on any atom is -0.492 e. The third-order valence-electron chi connectivity index (χ3n) is 6.85. The third-order valence-corrected chi connectivity index (χ3v) is 6.85. The second kappa shape index (κ2) is 7.68. The summed E-state index contributed by atoms with van der Waals surface area (Å²) in [6, 6.07) is 10.5. The lowest BCUT2D eigenvalue weighted by molar-refractivity contribution is 0.291. The Labute approximate surface area is 198 Å². The maximum absolute atomic E-state index is 5.89. The van der Waals surface area contributed by atoms with Gasteiger partial charge in [-0.25, -0.2) is 19.6 Å². The average Bonchev–Trinajstić information content (AvgIpc) is 3.55. The molecule has 8 nitrogen and oxygen atoms in total. The number of aromatic nitrogens is 6. The highest BCUT2D eigenvalue weighted by Gasteiger charge is 2.34. The van der Waals surface area contributed by atoms with E-state index >= 15 is 0 Å². The van der Waals surface area contributed by atoms with Gasteiger partial charge < -0.3 is 14.0 Å². The van der Waals surface area contributed by atoms with Crippen molar-refractivity contribution in [2.45, 2.75) is 51.5 Å². The van der Waals surface area contributed by atoms with Gasteiger partial charge in [0, 0.05) is 29.6 Å². The van der Waals surface area contributed by atoms with E-state index in [1.165, 1.54) is 11.1 Å². The number of pyridine rings is 1. The number of fused-ring (bicyclic) bond motifs is 2. The van der Waals surface area contributed by atoms with E-state index in [4.69, 9.17) is 24.5 Å². The van der Waals surface area contributed by atoms with Gasteiger partial charge in [0.05, 0.1) is 25.7 Å². The van der Waals surface area contributed by atoms with Gasteiger partial charge in [-0.05, 0) is 43.5 Å². The van der Waals surface area contributed by atoms with Crippen LogP contribution in [0.25, 0.3) is 17.2 Å². The maximum Gasteiger partial charge on any atom is 0.238 e. The topological polar surface area (TPSA) is 79.9 Å². The van der Waals surface area contributed by atoms with Gasteiger partial charge in [-0.3, -0.25) is 0 Å². The standard InChI is InChI=1S/C26H28N6O2/c1-16-13-31(15-27-16)21-9-8-20(28-25(21)33-4)23-29-24-18(6-5-11-32(24)30-23)17-7-10-22-19(12-17)26(2,3)14-34-22/h7-10,12-13,15,18H,5-6,11,14H2,1-4H3. The molecule has 0 fully saturated rings. The molecule has 0 spiro atoms. The highest BCUT2D eigenvalue weighted by molar-refractivity contribution is 5.56. The van der Waals surface area contributed by atoms with Gasteiger partial charge >= 0.3 is 0 Å². The summed E-state index contributed by atoms with van der Waals surface area (Å²) in [7, 11) is 1.63. The zero-order chi connectivity index (χ0) is 23.4. The number of benzene rings is 1. The van der Waals surface area contributed by atoms with Crippen LogP contribution in [0.3, 0.4) is 0 Å². The van der Waals surface area contributed by atoms with Gasteiger partial charge in [-0.15, -0.1) is 5.10 Å².